The van der Waals surface area contributed by atoms with Gasteiger partial charge in [0.2, 0.25) is 0 Å². The fourth-order valence-electron chi connectivity index (χ4n) is 2.46. The summed E-state index contributed by atoms with van der Waals surface area (Å²) in [5.41, 5.74) is 8.17. The van der Waals surface area contributed by atoms with Crippen LogP contribution >= 0.6 is 0 Å². The zero-order valence-corrected chi connectivity index (χ0v) is 10.6. The molecule has 17 heavy (non-hydrogen) atoms. The Balaban J connectivity index is 2.11. The van der Waals surface area contributed by atoms with Crippen LogP contribution in [0.1, 0.15) is 55.8 Å². The Labute approximate surface area is 104 Å². The molecule has 1 saturated carbocycles. The van der Waals surface area contributed by atoms with E-state index in [9.17, 15) is 5.11 Å². The van der Waals surface area contributed by atoms with Gasteiger partial charge in [-0.1, -0.05) is 37.6 Å². The van der Waals surface area contributed by atoms with E-state index in [2.05, 4.69) is 25.1 Å². The van der Waals surface area contributed by atoms with Gasteiger partial charge in [0.25, 0.3) is 0 Å². The summed E-state index contributed by atoms with van der Waals surface area (Å²) in [6, 6.07) is 8.42. The molecule has 0 heterocycles. The second-order valence-corrected chi connectivity index (χ2v) is 5.17. The molecule has 3 N–H and O–H groups in total. The predicted molar refractivity (Wildman–Crippen MR) is 70.8 cm³/mol. The molecule has 1 aromatic carbocycles. The topological polar surface area (TPSA) is 46.2 Å². The number of rotatable bonds is 6. The lowest BCUT2D eigenvalue weighted by molar-refractivity contribution is 0.106. The Morgan fingerprint density at radius 2 is 2.18 bits per heavy atom. The van der Waals surface area contributed by atoms with Gasteiger partial charge in [0.15, 0.2) is 0 Å². The molecule has 0 aromatic heterocycles. The first-order chi connectivity index (χ1) is 8.26. The standard InChI is InChI=1S/C15H23NO/c1-2-4-14(10-16)15(17)13-6-3-5-12(9-13)11-7-8-11/h3,5-6,9,11,14-15,17H,2,4,7-8,10,16H2,1H3. The Morgan fingerprint density at radius 1 is 1.41 bits per heavy atom. The summed E-state index contributed by atoms with van der Waals surface area (Å²) in [7, 11) is 0. The lowest BCUT2D eigenvalue weighted by atomic mass is 9.91. The van der Waals surface area contributed by atoms with Gasteiger partial charge >= 0.3 is 0 Å². The van der Waals surface area contributed by atoms with Crippen LogP contribution in [0.15, 0.2) is 24.3 Å². The maximum Gasteiger partial charge on any atom is 0.0830 e. The molecule has 0 amide bonds. The molecule has 2 atom stereocenters. The van der Waals surface area contributed by atoms with Crippen molar-refractivity contribution >= 4 is 0 Å². The van der Waals surface area contributed by atoms with Crippen molar-refractivity contribution in [2.75, 3.05) is 6.54 Å². The van der Waals surface area contributed by atoms with Gasteiger partial charge in [-0.25, -0.2) is 0 Å². The van der Waals surface area contributed by atoms with Crippen LogP contribution in [0, 0.1) is 5.92 Å². The Kier molecular flexibility index (Phi) is 4.19. The minimum Gasteiger partial charge on any atom is -0.388 e. The highest BCUT2D eigenvalue weighted by Gasteiger charge is 2.25. The number of hydrogen-bond donors (Lipinski definition) is 2. The summed E-state index contributed by atoms with van der Waals surface area (Å²) in [5.74, 6) is 0.930. The molecule has 1 aliphatic rings. The molecule has 2 nitrogen and oxygen atoms in total. The summed E-state index contributed by atoms with van der Waals surface area (Å²) in [4.78, 5) is 0. The van der Waals surface area contributed by atoms with Gasteiger partial charge in [-0.3, -0.25) is 0 Å². The molecule has 2 heteroatoms. The van der Waals surface area contributed by atoms with Crippen LogP contribution < -0.4 is 5.73 Å². The summed E-state index contributed by atoms with van der Waals surface area (Å²) < 4.78 is 0. The van der Waals surface area contributed by atoms with E-state index in [0.717, 1.165) is 24.3 Å². The molecule has 0 aliphatic heterocycles. The van der Waals surface area contributed by atoms with Gasteiger partial charge < -0.3 is 10.8 Å². The van der Waals surface area contributed by atoms with Crippen LogP contribution in [0.3, 0.4) is 0 Å². The van der Waals surface area contributed by atoms with Crippen molar-refractivity contribution in [2.24, 2.45) is 11.7 Å². The third-order valence-electron chi connectivity index (χ3n) is 3.71. The van der Waals surface area contributed by atoms with E-state index in [-0.39, 0.29) is 5.92 Å². The van der Waals surface area contributed by atoms with E-state index in [4.69, 9.17) is 5.73 Å². The van der Waals surface area contributed by atoms with Gasteiger partial charge in [-0.15, -0.1) is 0 Å². The molecule has 2 rings (SSSR count). The average Bonchev–Trinajstić information content (AvgIpc) is 3.19. The van der Waals surface area contributed by atoms with Crippen molar-refractivity contribution in [2.45, 2.75) is 44.6 Å². The molecule has 2 unspecified atom stereocenters. The lowest BCUT2D eigenvalue weighted by Crippen LogP contribution is -2.21. The maximum absolute atomic E-state index is 10.4. The SMILES string of the molecule is CCCC(CN)C(O)c1cccc(C2CC2)c1. The normalized spacial score (nSPS) is 19.0. The summed E-state index contributed by atoms with van der Waals surface area (Å²) in [6.07, 6.45) is 4.26. The quantitative estimate of drug-likeness (QED) is 0.793. The Morgan fingerprint density at radius 3 is 2.76 bits per heavy atom. The molecular weight excluding hydrogens is 210 g/mol. The molecular formula is C15H23NO. The van der Waals surface area contributed by atoms with Gasteiger partial charge in [0.05, 0.1) is 6.10 Å². The van der Waals surface area contributed by atoms with Crippen LogP contribution in [0.5, 0.6) is 0 Å². The highest BCUT2D eigenvalue weighted by Crippen LogP contribution is 2.41. The molecule has 94 valence electrons. The lowest BCUT2D eigenvalue weighted by Gasteiger charge is -2.21. The van der Waals surface area contributed by atoms with E-state index in [1.807, 2.05) is 6.07 Å². The van der Waals surface area contributed by atoms with Crippen molar-refractivity contribution in [1.82, 2.24) is 0 Å². The number of aliphatic hydroxyl groups excluding tert-OH is 1. The zero-order chi connectivity index (χ0) is 12.3. The Bertz CT molecular complexity index is 360. The van der Waals surface area contributed by atoms with Gasteiger partial charge in [-0.05, 0) is 42.9 Å². The van der Waals surface area contributed by atoms with Crippen LogP contribution in [-0.4, -0.2) is 11.7 Å². The van der Waals surface area contributed by atoms with E-state index in [1.54, 1.807) is 0 Å². The predicted octanol–water partition coefficient (Wildman–Crippen LogP) is 2.97. The van der Waals surface area contributed by atoms with Crippen molar-refractivity contribution < 1.29 is 5.11 Å². The number of hydrogen-bond acceptors (Lipinski definition) is 2. The molecule has 0 radical (unpaired) electrons. The second-order valence-electron chi connectivity index (χ2n) is 5.17. The van der Waals surface area contributed by atoms with E-state index < -0.39 is 6.10 Å². The van der Waals surface area contributed by atoms with E-state index >= 15 is 0 Å². The first kappa shape index (κ1) is 12.6. The minimum atomic E-state index is -0.404. The van der Waals surface area contributed by atoms with Crippen LogP contribution in [0.2, 0.25) is 0 Å². The fraction of sp³-hybridized carbons (Fsp3) is 0.600. The second kappa shape index (κ2) is 5.65. The van der Waals surface area contributed by atoms with Crippen molar-refractivity contribution in [3.63, 3.8) is 0 Å². The van der Waals surface area contributed by atoms with Crippen LogP contribution in [0.4, 0.5) is 0 Å². The number of nitrogens with two attached hydrogens (primary N) is 1. The van der Waals surface area contributed by atoms with Crippen molar-refractivity contribution in [3.05, 3.63) is 35.4 Å². The third kappa shape index (κ3) is 3.08. The number of aliphatic hydroxyl groups is 1. The Hall–Kier alpha value is -0.860. The first-order valence-corrected chi connectivity index (χ1v) is 6.74. The molecule has 1 fully saturated rings. The summed E-state index contributed by atoms with van der Waals surface area (Å²) >= 11 is 0. The van der Waals surface area contributed by atoms with Crippen LogP contribution in [0.25, 0.3) is 0 Å². The first-order valence-electron chi connectivity index (χ1n) is 6.74. The van der Waals surface area contributed by atoms with E-state index in [0.29, 0.717) is 6.54 Å². The summed E-state index contributed by atoms with van der Waals surface area (Å²) in [6.45, 7) is 2.69. The average molecular weight is 233 g/mol. The highest BCUT2D eigenvalue weighted by molar-refractivity contribution is 5.30. The monoisotopic (exact) mass is 233 g/mol. The van der Waals surface area contributed by atoms with Crippen molar-refractivity contribution in [3.8, 4) is 0 Å². The third-order valence-corrected chi connectivity index (χ3v) is 3.71. The van der Waals surface area contributed by atoms with E-state index in [1.165, 1.54) is 18.4 Å². The minimum absolute atomic E-state index is 0.189. The van der Waals surface area contributed by atoms with Crippen LogP contribution in [-0.2, 0) is 0 Å². The maximum atomic E-state index is 10.4. The molecule has 1 aliphatic carbocycles. The largest absolute Gasteiger partial charge is 0.388 e. The fourth-order valence-corrected chi connectivity index (χ4v) is 2.46. The molecule has 0 spiro atoms. The summed E-state index contributed by atoms with van der Waals surface area (Å²) in [5, 5.41) is 10.4. The zero-order valence-electron chi connectivity index (χ0n) is 10.6. The van der Waals surface area contributed by atoms with Gasteiger partial charge in [-0.2, -0.15) is 0 Å². The number of benzene rings is 1. The van der Waals surface area contributed by atoms with Gasteiger partial charge in [0.1, 0.15) is 0 Å². The molecule has 1 aromatic rings. The highest BCUT2D eigenvalue weighted by atomic mass is 16.3. The van der Waals surface area contributed by atoms with Crippen molar-refractivity contribution in [1.29, 1.82) is 0 Å². The smallest absolute Gasteiger partial charge is 0.0830 e. The van der Waals surface area contributed by atoms with Gasteiger partial charge in [0, 0.05) is 5.92 Å². The molecule has 0 bridgehead atoms. The molecule has 0 saturated heterocycles.